The molecule has 370 valence electrons. The van der Waals surface area contributed by atoms with Gasteiger partial charge >= 0.3 is 24.6 Å². The van der Waals surface area contributed by atoms with Gasteiger partial charge in [0.25, 0.3) is 0 Å². The van der Waals surface area contributed by atoms with E-state index in [1.807, 2.05) is 0 Å². The fourth-order valence-corrected chi connectivity index (χ4v) is 11.6. The summed E-state index contributed by atoms with van der Waals surface area (Å²) >= 11 is 0. The second-order valence-electron chi connectivity index (χ2n) is 20.4. The Morgan fingerprint density at radius 2 is 0.646 bits per heavy atom. The Morgan fingerprint density at radius 3 is 0.923 bits per heavy atom. The molecule has 0 radical (unpaired) electrons. The zero-order chi connectivity index (χ0) is 47.1. The van der Waals surface area contributed by atoms with Gasteiger partial charge in [-0.25, -0.2) is 0 Å². The molecule has 65 heavy (non-hydrogen) atoms. The van der Waals surface area contributed by atoms with Gasteiger partial charge < -0.3 is 9.47 Å². The molecule has 6 rings (SSSR count). The molecular formula is C53H76F10O2. The van der Waals surface area contributed by atoms with Crippen molar-refractivity contribution in [3.63, 3.8) is 0 Å². The van der Waals surface area contributed by atoms with Crippen molar-refractivity contribution < 1.29 is 53.4 Å². The van der Waals surface area contributed by atoms with Crippen molar-refractivity contribution in [2.24, 2.45) is 47.3 Å². The number of ether oxygens (including phenoxy) is 2. The molecule has 2 nitrogen and oxygen atoms in total. The maximum Gasteiger partial charge on any atom is 0.499 e. The van der Waals surface area contributed by atoms with Gasteiger partial charge in [-0.2, -0.15) is 43.9 Å². The lowest BCUT2D eigenvalue weighted by Gasteiger charge is -2.38. The molecule has 4 aliphatic carbocycles. The van der Waals surface area contributed by atoms with E-state index in [9.17, 15) is 43.9 Å². The first-order chi connectivity index (χ1) is 30.9. The van der Waals surface area contributed by atoms with Crippen LogP contribution in [-0.4, -0.2) is 24.6 Å². The van der Waals surface area contributed by atoms with Gasteiger partial charge in [0.05, 0.1) is 0 Å². The van der Waals surface area contributed by atoms with Crippen LogP contribution < -0.4 is 9.47 Å². The van der Waals surface area contributed by atoms with Gasteiger partial charge in [-0.05, 0) is 160 Å². The number of hydrogen-bond donors (Lipinski definition) is 0. The molecule has 4 fully saturated rings. The molecule has 0 N–H and O–H groups in total. The third-order valence-electron chi connectivity index (χ3n) is 15.8. The van der Waals surface area contributed by atoms with Crippen molar-refractivity contribution in [2.75, 3.05) is 0 Å². The van der Waals surface area contributed by atoms with Crippen molar-refractivity contribution in [3.05, 3.63) is 59.7 Å². The molecule has 0 bridgehead atoms. The summed E-state index contributed by atoms with van der Waals surface area (Å²) in [7, 11) is 0. The number of halogens is 10. The fraction of sp³-hybridized carbons (Fsp3) is 0.774. The summed E-state index contributed by atoms with van der Waals surface area (Å²) < 4.78 is 133. The first-order valence-electron chi connectivity index (χ1n) is 25.3. The molecular weight excluding hydrogens is 859 g/mol. The summed E-state index contributed by atoms with van der Waals surface area (Å²) in [4.78, 5) is 0. The highest BCUT2D eigenvalue weighted by Gasteiger charge is 2.62. The maximum atomic E-state index is 13.0. The van der Waals surface area contributed by atoms with Crippen LogP contribution in [0.5, 0.6) is 11.5 Å². The van der Waals surface area contributed by atoms with Gasteiger partial charge in [-0.3, -0.25) is 0 Å². The Bertz CT molecular complexity index is 1590. The second-order valence-corrected chi connectivity index (χ2v) is 20.4. The van der Waals surface area contributed by atoms with Crippen LogP contribution >= 0.6 is 0 Å². The highest BCUT2D eigenvalue weighted by molar-refractivity contribution is 5.28. The predicted molar refractivity (Wildman–Crippen MR) is 238 cm³/mol. The van der Waals surface area contributed by atoms with E-state index >= 15 is 0 Å². The molecule has 0 spiro atoms. The Balaban J connectivity index is 0.000000244. The summed E-state index contributed by atoms with van der Waals surface area (Å²) in [6, 6.07) is 11.1. The van der Waals surface area contributed by atoms with Crippen LogP contribution in [0.1, 0.15) is 185 Å². The Hall–Kier alpha value is -2.66. The van der Waals surface area contributed by atoms with E-state index in [0.29, 0.717) is 11.8 Å². The average Bonchev–Trinajstić information content (AvgIpc) is 3.28. The minimum atomic E-state index is -5.72. The van der Waals surface area contributed by atoms with Crippen LogP contribution in [0.2, 0.25) is 0 Å². The maximum absolute atomic E-state index is 13.0. The number of unbranched alkanes of at least 4 members (excludes halogenated alkanes) is 3. The van der Waals surface area contributed by atoms with Crippen LogP contribution in [0.25, 0.3) is 0 Å². The van der Waals surface area contributed by atoms with Crippen LogP contribution in [0.15, 0.2) is 48.5 Å². The van der Waals surface area contributed by atoms with Gasteiger partial charge in [0, 0.05) is 0 Å². The monoisotopic (exact) mass is 935 g/mol. The number of hydrogen-bond acceptors (Lipinski definition) is 2. The molecule has 4 saturated carbocycles. The first kappa shape index (κ1) is 53.3. The largest absolute Gasteiger partial charge is 0.499 e. The van der Waals surface area contributed by atoms with Crippen molar-refractivity contribution in [1.82, 2.24) is 0 Å². The normalized spacial score (nSPS) is 27.1. The zero-order valence-electron chi connectivity index (χ0n) is 38.9. The highest BCUT2D eigenvalue weighted by atomic mass is 19.4. The summed E-state index contributed by atoms with van der Waals surface area (Å²) in [5.74, 6) is 5.92. The van der Waals surface area contributed by atoms with Crippen LogP contribution in [0.4, 0.5) is 43.9 Å². The van der Waals surface area contributed by atoms with Crippen LogP contribution in [0, 0.1) is 47.3 Å². The Kier molecular flexibility index (Phi) is 20.6. The molecule has 4 aliphatic rings. The van der Waals surface area contributed by atoms with Gasteiger partial charge in [0.15, 0.2) is 0 Å². The zero-order valence-corrected chi connectivity index (χ0v) is 38.9. The molecule has 12 heteroatoms. The first-order valence-corrected chi connectivity index (χ1v) is 25.3. The topological polar surface area (TPSA) is 18.5 Å². The quantitative estimate of drug-likeness (QED) is 0.103. The smallest absolute Gasteiger partial charge is 0.426 e. The van der Waals surface area contributed by atoms with Gasteiger partial charge in [-0.1, -0.05) is 134 Å². The third kappa shape index (κ3) is 17.1. The molecule has 0 heterocycles. The minimum absolute atomic E-state index is 0.471. The lowest BCUT2D eigenvalue weighted by Crippen LogP contribution is -2.41. The molecule has 0 unspecified atom stereocenters. The lowest BCUT2D eigenvalue weighted by molar-refractivity contribution is -0.360. The molecule has 0 saturated heterocycles. The summed E-state index contributed by atoms with van der Waals surface area (Å²) in [5.41, 5.74) is 1.89. The van der Waals surface area contributed by atoms with Crippen molar-refractivity contribution in [2.45, 2.75) is 212 Å². The van der Waals surface area contributed by atoms with Crippen LogP contribution in [0.3, 0.4) is 0 Å². The van der Waals surface area contributed by atoms with E-state index in [1.165, 1.54) is 172 Å². The third-order valence-corrected chi connectivity index (χ3v) is 15.8. The SMILES string of the molecule is CCCCC[C@H]1CC[C@H](C2CCC(CCc3ccc(OC(F)(F)C(F)(F)F)cc3)CC2)CC1.CCCC[C@H]1CC[C@H](C2CCC(CCc3ccc(OC(F)(F)C(F)(F)F)cc3)CC2)CC1. The number of alkyl halides is 10. The predicted octanol–water partition coefficient (Wildman–Crippen LogP) is 18.3. The fourth-order valence-electron chi connectivity index (χ4n) is 11.6. The number of aryl methyl sites for hydroxylation is 2. The summed E-state index contributed by atoms with van der Waals surface area (Å²) in [6.45, 7) is 4.54. The van der Waals surface area contributed by atoms with E-state index in [1.54, 1.807) is 24.3 Å². The number of rotatable bonds is 19. The van der Waals surface area contributed by atoms with Crippen LogP contribution in [-0.2, 0) is 12.8 Å². The Morgan fingerprint density at radius 1 is 0.369 bits per heavy atom. The summed E-state index contributed by atoms with van der Waals surface area (Å²) in [5, 5.41) is 0. The van der Waals surface area contributed by atoms with E-state index < -0.39 is 36.1 Å². The molecule has 0 aliphatic heterocycles. The molecule has 0 atom stereocenters. The minimum Gasteiger partial charge on any atom is -0.426 e. The number of benzene rings is 2. The van der Waals surface area contributed by atoms with Crippen molar-refractivity contribution >= 4 is 0 Å². The van der Waals surface area contributed by atoms with Gasteiger partial charge in [0.1, 0.15) is 11.5 Å². The van der Waals surface area contributed by atoms with E-state index in [-0.39, 0.29) is 0 Å². The van der Waals surface area contributed by atoms with Gasteiger partial charge in [0.2, 0.25) is 0 Å². The standard InChI is InChI=1S/C27H39F5O.C26H37F5O/c1-2-3-4-5-20-8-14-23(15-9-20)24-16-10-21(11-17-24)6-7-22-12-18-25(19-13-22)33-27(31,32)26(28,29)30;1-2-3-4-19-7-13-22(14-8-19)23-15-9-20(10-16-23)5-6-21-11-17-24(18-12-21)32-26(30,31)25(27,28)29/h12-13,18-21,23-24H,2-11,14-17H2,1H3;11-12,17-20,22-23H,2-10,13-16H2,1H3/t20-,21?,23-,24?;19-,20?,22-,23?. The van der Waals surface area contributed by atoms with Crippen molar-refractivity contribution in [1.29, 1.82) is 0 Å². The molecule has 2 aromatic carbocycles. The molecule has 2 aromatic rings. The highest BCUT2D eigenvalue weighted by Crippen LogP contribution is 2.45. The van der Waals surface area contributed by atoms with Crippen molar-refractivity contribution in [3.8, 4) is 11.5 Å². The van der Waals surface area contributed by atoms with E-state index in [2.05, 4.69) is 23.3 Å². The summed E-state index contributed by atoms with van der Waals surface area (Å²) in [6.07, 6.45) is 13.0. The second kappa shape index (κ2) is 25.1. The lowest BCUT2D eigenvalue weighted by atomic mass is 9.68. The average molecular weight is 935 g/mol. The van der Waals surface area contributed by atoms with Gasteiger partial charge in [-0.15, -0.1) is 0 Å². The molecule has 0 amide bonds. The van der Waals surface area contributed by atoms with E-state index in [4.69, 9.17) is 0 Å². The van der Waals surface area contributed by atoms with E-state index in [0.717, 1.165) is 72.3 Å². The molecule has 0 aromatic heterocycles. The Labute approximate surface area is 382 Å².